The van der Waals surface area contributed by atoms with Crippen LogP contribution >= 0.6 is 0 Å². The van der Waals surface area contributed by atoms with Gasteiger partial charge in [0.15, 0.2) is 0 Å². The fraction of sp³-hybridized carbons (Fsp3) is 0.350. The molecule has 134 valence electrons. The molecule has 6 heteroatoms. The van der Waals surface area contributed by atoms with Crippen molar-refractivity contribution in [3.8, 4) is 0 Å². The van der Waals surface area contributed by atoms with Crippen LogP contribution in [0.3, 0.4) is 0 Å². The molecule has 0 bridgehead atoms. The van der Waals surface area contributed by atoms with Gasteiger partial charge in [-0.1, -0.05) is 23.4 Å². The summed E-state index contributed by atoms with van der Waals surface area (Å²) in [5.74, 6) is 0.739. The lowest BCUT2D eigenvalue weighted by Gasteiger charge is -2.25. The molecule has 0 saturated carbocycles. The zero-order valence-corrected chi connectivity index (χ0v) is 15.3. The number of oxime groups is 1. The number of rotatable bonds is 3. The average molecular weight is 350 g/mol. The summed E-state index contributed by atoms with van der Waals surface area (Å²) >= 11 is 0. The minimum absolute atomic E-state index is 0.167. The third-order valence-corrected chi connectivity index (χ3v) is 5.21. The van der Waals surface area contributed by atoms with E-state index in [1.807, 2.05) is 31.5 Å². The van der Waals surface area contributed by atoms with Crippen molar-refractivity contribution in [3.63, 3.8) is 0 Å². The average Bonchev–Trinajstić information content (AvgIpc) is 3.16. The summed E-state index contributed by atoms with van der Waals surface area (Å²) < 4.78 is 4.36. The van der Waals surface area contributed by atoms with Crippen molar-refractivity contribution in [1.82, 2.24) is 14.1 Å². The Balaban J connectivity index is 1.84. The molecule has 6 nitrogen and oxygen atoms in total. The van der Waals surface area contributed by atoms with Crippen molar-refractivity contribution < 1.29 is 9.63 Å². The van der Waals surface area contributed by atoms with E-state index >= 15 is 0 Å². The minimum Gasteiger partial charge on any atom is -0.347 e. The third kappa shape index (κ3) is 2.71. The zero-order valence-electron chi connectivity index (χ0n) is 15.3. The van der Waals surface area contributed by atoms with Gasteiger partial charge in [-0.15, -0.1) is 0 Å². The molecule has 0 fully saturated rings. The highest BCUT2D eigenvalue weighted by Crippen LogP contribution is 2.35. The van der Waals surface area contributed by atoms with Gasteiger partial charge >= 0.3 is 5.97 Å². The van der Waals surface area contributed by atoms with Gasteiger partial charge in [-0.25, -0.2) is 9.78 Å². The van der Waals surface area contributed by atoms with Crippen LogP contribution in [0.5, 0.6) is 0 Å². The van der Waals surface area contributed by atoms with Crippen molar-refractivity contribution in [1.29, 1.82) is 0 Å². The van der Waals surface area contributed by atoms with E-state index < -0.39 is 5.97 Å². The molecule has 0 amide bonds. The molecule has 1 aromatic carbocycles. The van der Waals surface area contributed by atoms with E-state index in [9.17, 15) is 4.79 Å². The molecule has 26 heavy (non-hydrogen) atoms. The smallest absolute Gasteiger partial charge is 0.331 e. The third-order valence-electron chi connectivity index (χ3n) is 5.21. The maximum absolute atomic E-state index is 11.4. The van der Waals surface area contributed by atoms with Crippen LogP contribution in [0.2, 0.25) is 0 Å². The Kier molecular flexibility index (Phi) is 4.11. The number of para-hydroxylation sites is 1. The molecule has 2 heterocycles. The first-order valence-electron chi connectivity index (χ1n) is 8.86. The van der Waals surface area contributed by atoms with Gasteiger partial charge < -0.3 is 14.0 Å². The van der Waals surface area contributed by atoms with Gasteiger partial charge in [0, 0.05) is 61.0 Å². The van der Waals surface area contributed by atoms with E-state index in [0.29, 0.717) is 0 Å². The lowest BCUT2D eigenvalue weighted by Crippen LogP contribution is -2.28. The van der Waals surface area contributed by atoms with Crippen molar-refractivity contribution >= 4 is 22.6 Å². The van der Waals surface area contributed by atoms with E-state index in [4.69, 9.17) is 4.84 Å². The number of fused-ring (bicyclic) bond motifs is 3. The number of imidazole rings is 1. The number of benzene rings is 1. The fourth-order valence-corrected chi connectivity index (χ4v) is 3.92. The van der Waals surface area contributed by atoms with E-state index in [1.165, 1.54) is 18.1 Å². The molecular weight excluding hydrogens is 328 g/mol. The number of carbonyl (C=O) groups excluding carboxylic acids is 1. The van der Waals surface area contributed by atoms with E-state index in [-0.39, 0.29) is 5.92 Å². The quantitative estimate of drug-likeness (QED) is 0.538. The second-order valence-corrected chi connectivity index (χ2v) is 6.82. The molecule has 3 aromatic rings. The molecule has 1 aliphatic carbocycles. The number of aryl methyl sites for hydroxylation is 2. The fourth-order valence-electron chi connectivity index (χ4n) is 3.92. The summed E-state index contributed by atoms with van der Waals surface area (Å²) in [4.78, 5) is 20.8. The monoisotopic (exact) mass is 350 g/mol. The highest BCUT2D eigenvalue weighted by atomic mass is 16.7. The summed E-state index contributed by atoms with van der Waals surface area (Å²) in [6.07, 6.45) is 5.72. The van der Waals surface area contributed by atoms with Crippen LogP contribution < -0.4 is 0 Å². The van der Waals surface area contributed by atoms with Gasteiger partial charge in [-0.05, 0) is 25.8 Å². The Morgan fingerprint density at radius 2 is 2.19 bits per heavy atom. The van der Waals surface area contributed by atoms with Gasteiger partial charge in [-0.3, -0.25) is 0 Å². The molecule has 0 aliphatic heterocycles. The van der Waals surface area contributed by atoms with Crippen molar-refractivity contribution in [3.05, 3.63) is 53.7 Å². The molecule has 0 spiro atoms. The van der Waals surface area contributed by atoms with E-state index in [2.05, 4.69) is 38.5 Å². The van der Waals surface area contributed by atoms with Gasteiger partial charge in [0.05, 0.1) is 5.71 Å². The molecule has 4 rings (SSSR count). The Morgan fingerprint density at radius 1 is 1.38 bits per heavy atom. The lowest BCUT2D eigenvalue weighted by molar-refractivity contribution is -0.140. The Bertz CT molecular complexity index is 1010. The van der Waals surface area contributed by atoms with Crippen LogP contribution in [0, 0.1) is 12.8 Å². The summed E-state index contributed by atoms with van der Waals surface area (Å²) in [6.45, 7) is 4.15. The standard InChI is InChI=1S/C20H22N4O2/c1-13-21-10-11-24(13)12-15-8-9-18-19(20(15)22-26-14(2)25)16-6-4-5-7-17(16)23(18)3/h4-7,10-11,15H,8-9,12H2,1-3H3/b22-20+. The second kappa shape index (κ2) is 6.44. The predicted molar refractivity (Wildman–Crippen MR) is 100.0 cm³/mol. The molecule has 1 atom stereocenters. The first-order valence-corrected chi connectivity index (χ1v) is 8.86. The number of hydrogen-bond donors (Lipinski definition) is 0. The van der Waals surface area contributed by atoms with Crippen LogP contribution in [0.4, 0.5) is 0 Å². The van der Waals surface area contributed by atoms with Gasteiger partial charge in [0.25, 0.3) is 0 Å². The zero-order chi connectivity index (χ0) is 18.3. The molecule has 1 aliphatic rings. The van der Waals surface area contributed by atoms with Crippen LogP contribution in [-0.4, -0.2) is 25.8 Å². The van der Waals surface area contributed by atoms with Crippen LogP contribution in [0.15, 0.2) is 41.8 Å². The normalized spacial score (nSPS) is 18.3. The van der Waals surface area contributed by atoms with Crippen LogP contribution in [-0.2, 0) is 29.6 Å². The Morgan fingerprint density at radius 3 is 2.92 bits per heavy atom. The Hall–Kier alpha value is -2.89. The molecular formula is C20H22N4O2. The number of nitrogens with zero attached hydrogens (tertiary/aromatic N) is 4. The highest BCUT2D eigenvalue weighted by molar-refractivity contribution is 6.14. The van der Waals surface area contributed by atoms with Crippen molar-refractivity contribution in [2.45, 2.75) is 33.2 Å². The largest absolute Gasteiger partial charge is 0.347 e. The second-order valence-electron chi connectivity index (χ2n) is 6.82. The molecule has 0 N–H and O–H groups in total. The molecule has 1 unspecified atom stereocenters. The first kappa shape index (κ1) is 16.6. The van der Waals surface area contributed by atoms with Crippen LogP contribution in [0.25, 0.3) is 10.9 Å². The Labute approximate surface area is 152 Å². The first-order chi connectivity index (χ1) is 12.6. The molecule has 0 radical (unpaired) electrons. The minimum atomic E-state index is -0.401. The van der Waals surface area contributed by atoms with Gasteiger partial charge in [-0.2, -0.15) is 0 Å². The SMILES string of the molecule is CC(=O)O/N=C1/c2c(n(C)c3ccccc23)CCC1Cn1ccnc1C. The lowest BCUT2D eigenvalue weighted by atomic mass is 9.84. The van der Waals surface area contributed by atoms with E-state index in [1.54, 1.807) is 0 Å². The summed E-state index contributed by atoms with van der Waals surface area (Å²) in [7, 11) is 2.09. The summed E-state index contributed by atoms with van der Waals surface area (Å²) in [6, 6.07) is 8.31. The maximum Gasteiger partial charge on any atom is 0.331 e. The summed E-state index contributed by atoms with van der Waals surface area (Å²) in [5.41, 5.74) is 4.38. The van der Waals surface area contributed by atoms with E-state index in [0.717, 1.165) is 41.9 Å². The predicted octanol–water partition coefficient (Wildman–Crippen LogP) is 3.21. The number of hydrogen-bond acceptors (Lipinski definition) is 4. The summed E-state index contributed by atoms with van der Waals surface area (Å²) in [5, 5.41) is 5.45. The van der Waals surface area contributed by atoms with Crippen LogP contribution in [0.1, 0.15) is 30.4 Å². The topological polar surface area (TPSA) is 61.4 Å². The molecule has 2 aromatic heterocycles. The number of carbonyl (C=O) groups is 1. The van der Waals surface area contributed by atoms with Crippen molar-refractivity contribution in [2.75, 3.05) is 0 Å². The maximum atomic E-state index is 11.4. The van der Waals surface area contributed by atoms with Gasteiger partial charge in [0.1, 0.15) is 5.82 Å². The number of aromatic nitrogens is 3. The highest BCUT2D eigenvalue weighted by Gasteiger charge is 2.31. The molecule has 0 saturated heterocycles. The van der Waals surface area contributed by atoms with Gasteiger partial charge in [0.2, 0.25) is 0 Å². The van der Waals surface area contributed by atoms with Crippen molar-refractivity contribution in [2.24, 2.45) is 18.1 Å².